The zero-order valence-corrected chi connectivity index (χ0v) is 12.3. The van der Waals surface area contributed by atoms with Crippen LogP contribution in [0.5, 0.6) is 0 Å². The van der Waals surface area contributed by atoms with E-state index < -0.39 is 0 Å². The molecule has 0 fully saturated rings. The number of aryl methyl sites for hydroxylation is 1. The number of likely N-dealkylation sites (N-methyl/N-ethyl adjacent to an activating group) is 1. The number of nitrogens with two attached hydrogens (primary N) is 1. The van der Waals surface area contributed by atoms with Gasteiger partial charge in [-0.1, -0.05) is 37.3 Å². The quantitative estimate of drug-likeness (QED) is 0.821. The third-order valence-corrected chi connectivity index (χ3v) is 3.36. The van der Waals surface area contributed by atoms with Crippen LogP contribution in [0.3, 0.4) is 0 Å². The smallest absolute Gasteiger partial charge is 0.0870 e. The highest BCUT2D eigenvalue weighted by atomic mass is 32.1. The van der Waals surface area contributed by atoms with Crippen molar-refractivity contribution in [3.8, 4) is 0 Å². The second-order valence-corrected chi connectivity index (χ2v) is 5.07. The lowest BCUT2D eigenvalue weighted by molar-refractivity contribution is 0.316. The number of hydrogen-bond acceptors (Lipinski definition) is 3. The fourth-order valence-electron chi connectivity index (χ4n) is 2.27. The van der Waals surface area contributed by atoms with E-state index in [2.05, 4.69) is 36.9 Å². The van der Waals surface area contributed by atoms with Crippen LogP contribution in [0.2, 0.25) is 0 Å². The summed E-state index contributed by atoms with van der Waals surface area (Å²) in [5.74, 6) is 0. The maximum atomic E-state index is 5.63. The Hall–Kier alpha value is -1.46. The van der Waals surface area contributed by atoms with Crippen molar-refractivity contribution < 1.29 is 0 Å². The van der Waals surface area contributed by atoms with Gasteiger partial charge in [0.25, 0.3) is 0 Å². The minimum atomic E-state index is 0.529. The highest BCUT2D eigenvalue weighted by Gasteiger charge is 2.12. The van der Waals surface area contributed by atoms with Gasteiger partial charge in [0.1, 0.15) is 0 Å². The second-order valence-electron chi connectivity index (χ2n) is 4.55. The van der Waals surface area contributed by atoms with Crippen molar-refractivity contribution in [1.82, 2.24) is 14.7 Å². The van der Waals surface area contributed by atoms with Gasteiger partial charge in [-0.25, -0.2) is 0 Å². The molecule has 0 amide bonds. The second kappa shape index (κ2) is 6.12. The molecule has 1 aromatic carbocycles. The maximum Gasteiger partial charge on any atom is 0.0870 e. The molecule has 2 rings (SSSR count). The monoisotopic (exact) mass is 276 g/mol. The van der Waals surface area contributed by atoms with Gasteiger partial charge in [0.15, 0.2) is 0 Å². The van der Waals surface area contributed by atoms with E-state index in [0.717, 1.165) is 25.3 Å². The van der Waals surface area contributed by atoms with Crippen molar-refractivity contribution in [2.75, 3.05) is 13.1 Å². The van der Waals surface area contributed by atoms with Crippen molar-refractivity contribution in [2.45, 2.75) is 26.9 Å². The van der Waals surface area contributed by atoms with Crippen LogP contribution < -0.4 is 5.73 Å². The van der Waals surface area contributed by atoms with Crippen LogP contribution in [0.4, 0.5) is 0 Å². The molecule has 0 aliphatic rings. The molecule has 4 nitrogen and oxygen atoms in total. The van der Waals surface area contributed by atoms with Crippen LogP contribution >= 0.6 is 12.2 Å². The van der Waals surface area contributed by atoms with Crippen molar-refractivity contribution in [3.05, 3.63) is 30.0 Å². The van der Waals surface area contributed by atoms with Crippen molar-refractivity contribution >= 4 is 28.1 Å². The maximum absolute atomic E-state index is 5.63. The highest BCUT2D eigenvalue weighted by Crippen LogP contribution is 2.19. The van der Waals surface area contributed by atoms with Gasteiger partial charge in [0.05, 0.1) is 16.2 Å². The molecule has 2 N–H and O–H groups in total. The minimum Gasteiger partial charge on any atom is -0.392 e. The number of rotatable bonds is 6. The fourth-order valence-corrected chi connectivity index (χ4v) is 2.45. The Morgan fingerprint density at radius 3 is 2.74 bits per heavy atom. The first-order chi connectivity index (χ1) is 9.15. The molecule has 0 saturated heterocycles. The van der Waals surface area contributed by atoms with E-state index in [1.54, 1.807) is 0 Å². The fraction of sp³-hybridized carbons (Fsp3) is 0.429. The van der Waals surface area contributed by atoms with Crippen molar-refractivity contribution in [1.29, 1.82) is 0 Å². The number of hydrogen-bond donors (Lipinski definition) is 1. The lowest BCUT2D eigenvalue weighted by Gasteiger charge is -2.18. The molecule has 0 aliphatic carbocycles. The predicted octanol–water partition coefficient (Wildman–Crippen LogP) is 2.16. The van der Waals surface area contributed by atoms with E-state index in [1.165, 1.54) is 10.9 Å². The minimum absolute atomic E-state index is 0.529. The van der Waals surface area contributed by atoms with Crippen LogP contribution in [0.25, 0.3) is 10.9 Å². The van der Waals surface area contributed by atoms with Crippen molar-refractivity contribution in [3.63, 3.8) is 0 Å². The summed E-state index contributed by atoms with van der Waals surface area (Å²) in [4.78, 5) is 2.73. The number of nitrogens with zero attached hydrogens (tertiary/aromatic N) is 3. The van der Waals surface area contributed by atoms with E-state index in [4.69, 9.17) is 23.1 Å². The molecule has 0 atom stereocenters. The summed E-state index contributed by atoms with van der Waals surface area (Å²) in [5, 5.41) is 5.91. The normalized spacial score (nSPS) is 11.3. The van der Waals surface area contributed by atoms with Crippen molar-refractivity contribution in [2.24, 2.45) is 5.73 Å². The molecule has 2 aromatic rings. The number of benzene rings is 1. The Balaban J connectivity index is 2.31. The topological polar surface area (TPSA) is 47.1 Å². The highest BCUT2D eigenvalue weighted by molar-refractivity contribution is 7.80. The van der Waals surface area contributed by atoms with Gasteiger partial charge >= 0.3 is 0 Å². The summed E-state index contributed by atoms with van der Waals surface area (Å²) in [6, 6.07) is 8.33. The third kappa shape index (κ3) is 3.11. The Morgan fingerprint density at radius 2 is 2.11 bits per heavy atom. The zero-order valence-electron chi connectivity index (χ0n) is 11.5. The predicted molar refractivity (Wildman–Crippen MR) is 83.1 cm³/mol. The number of fused-ring (bicyclic) bond motifs is 1. The lowest BCUT2D eigenvalue weighted by atomic mass is 10.2. The summed E-state index contributed by atoms with van der Waals surface area (Å²) in [7, 11) is 0. The zero-order chi connectivity index (χ0) is 13.8. The molecule has 1 heterocycles. The van der Waals surface area contributed by atoms with Crippen LogP contribution in [-0.4, -0.2) is 32.8 Å². The van der Waals surface area contributed by atoms with Gasteiger partial charge in [0, 0.05) is 25.0 Å². The number of thiocarbonyl (C=S) groups is 1. The summed E-state index contributed by atoms with van der Waals surface area (Å²) in [5.41, 5.74) is 7.91. The molecule has 0 radical (unpaired) electrons. The SMILES string of the molecule is CCN(CC(N)=S)Cc1nn(CC)c2ccccc12. The number of aromatic nitrogens is 2. The van der Waals surface area contributed by atoms with E-state index in [-0.39, 0.29) is 0 Å². The molecule has 5 heteroatoms. The summed E-state index contributed by atoms with van der Waals surface area (Å²) in [6.45, 7) is 7.42. The van der Waals surface area contributed by atoms with E-state index in [0.29, 0.717) is 11.5 Å². The van der Waals surface area contributed by atoms with Gasteiger partial charge < -0.3 is 5.73 Å². The summed E-state index contributed by atoms with van der Waals surface area (Å²) >= 11 is 4.99. The van der Waals surface area contributed by atoms with Gasteiger partial charge in [-0.3, -0.25) is 9.58 Å². The summed E-state index contributed by atoms with van der Waals surface area (Å²) < 4.78 is 2.04. The Bertz CT molecular complexity index is 576. The van der Waals surface area contributed by atoms with Crippen LogP contribution in [-0.2, 0) is 13.1 Å². The molecule has 0 spiro atoms. The first kappa shape index (κ1) is 14.0. The lowest BCUT2D eigenvalue weighted by Crippen LogP contribution is -2.32. The Kier molecular flexibility index (Phi) is 4.50. The first-order valence-electron chi connectivity index (χ1n) is 6.60. The average Bonchev–Trinajstić information content (AvgIpc) is 2.76. The van der Waals surface area contributed by atoms with Gasteiger partial charge in [-0.2, -0.15) is 5.10 Å². The van der Waals surface area contributed by atoms with Crippen LogP contribution in [0, 0.1) is 0 Å². The first-order valence-corrected chi connectivity index (χ1v) is 7.01. The molecule has 0 aliphatic heterocycles. The van der Waals surface area contributed by atoms with Gasteiger partial charge in [-0.05, 0) is 19.5 Å². The largest absolute Gasteiger partial charge is 0.392 e. The molecule has 102 valence electrons. The molecular formula is C14H20N4S. The molecule has 1 aromatic heterocycles. The molecular weight excluding hydrogens is 256 g/mol. The Labute approximate surface area is 119 Å². The molecule has 19 heavy (non-hydrogen) atoms. The van der Waals surface area contributed by atoms with E-state index in [1.807, 2.05) is 10.7 Å². The molecule has 0 saturated carbocycles. The van der Waals surface area contributed by atoms with Crippen LogP contribution in [0.1, 0.15) is 19.5 Å². The molecule has 0 unspecified atom stereocenters. The Morgan fingerprint density at radius 1 is 1.37 bits per heavy atom. The van der Waals surface area contributed by atoms with Gasteiger partial charge in [0.2, 0.25) is 0 Å². The summed E-state index contributed by atoms with van der Waals surface area (Å²) in [6.07, 6.45) is 0. The van der Waals surface area contributed by atoms with Crippen LogP contribution in [0.15, 0.2) is 24.3 Å². The standard InChI is InChI=1S/C14H20N4S/c1-3-17(10-14(15)19)9-12-11-7-5-6-8-13(11)18(4-2)16-12/h5-8H,3-4,9-10H2,1-2H3,(H2,15,19). The van der Waals surface area contributed by atoms with Gasteiger partial charge in [-0.15, -0.1) is 0 Å². The van der Waals surface area contributed by atoms with E-state index >= 15 is 0 Å². The average molecular weight is 276 g/mol. The third-order valence-electron chi connectivity index (χ3n) is 3.23. The molecule has 0 bridgehead atoms. The number of para-hydroxylation sites is 1. The van der Waals surface area contributed by atoms with E-state index in [9.17, 15) is 0 Å².